The average Bonchev–Trinajstić information content (AvgIpc) is 2.70. The molecule has 1 N–H and O–H groups in total. The number of halogens is 1. The number of ether oxygens (including phenoxy) is 1. The fraction of sp³-hybridized carbons (Fsp3) is 0.562. The number of benzene rings is 1. The number of hydrogen-bond donors (Lipinski definition) is 1. The Labute approximate surface area is 119 Å². The van der Waals surface area contributed by atoms with E-state index in [9.17, 15) is 9.18 Å². The first-order valence-corrected chi connectivity index (χ1v) is 7.08. The Hall–Kier alpha value is -1.58. The molecule has 0 heterocycles. The molecule has 0 aromatic heterocycles. The van der Waals surface area contributed by atoms with Gasteiger partial charge in [0, 0.05) is 0 Å². The maximum atomic E-state index is 13.8. The first-order valence-electron chi connectivity index (χ1n) is 7.08. The van der Waals surface area contributed by atoms with Crippen molar-refractivity contribution in [3.05, 3.63) is 30.1 Å². The quantitative estimate of drug-likeness (QED) is 0.853. The lowest BCUT2D eigenvalue weighted by molar-refractivity contribution is -0.148. The predicted octanol–water partition coefficient (Wildman–Crippen LogP) is 3.75. The molecule has 0 spiro atoms. The molecule has 20 heavy (non-hydrogen) atoms. The van der Waals surface area contributed by atoms with E-state index < -0.39 is 5.54 Å². The van der Waals surface area contributed by atoms with E-state index in [2.05, 4.69) is 19.2 Å². The summed E-state index contributed by atoms with van der Waals surface area (Å²) < 4.78 is 19.1. The van der Waals surface area contributed by atoms with Gasteiger partial charge in [0.1, 0.15) is 11.4 Å². The topological polar surface area (TPSA) is 38.3 Å². The lowest BCUT2D eigenvalue weighted by Gasteiger charge is -2.31. The summed E-state index contributed by atoms with van der Waals surface area (Å²) in [6.07, 6.45) is 2.22. The van der Waals surface area contributed by atoms with E-state index in [0.29, 0.717) is 25.1 Å². The Morgan fingerprint density at radius 3 is 2.60 bits per heavy atom. The van der Waals surface area contributed by atoms with Gasteiger partial charge in [0.2, 0.25) is 0 Å². The van der Waals surface area contributed by atoms with Crippen LogP contribution in [0.5, 0.6) is 0 Å². The van der Waals surface area contributed by atoms with Crippen LogP contribution < -0.4 is 5.32 Å². The zero-order chi connectivity index (χ0) is 14.8. The standard InChI is InChI=1S/C16H22FNO2/c1-4-20-14(19)16(10-9-15(2,3)11-16)18-13-8-6-5-7-12(13)17/h5-8,18H,4,9-11H2,1-3H3. The normalized spacial score (nSPS) is 24.4. The number of rotatable bonds is 4. The molecule has 1 aromatic rings. The van der Waals surface area contributed by atoms with Gasteiger partial charge in [0.15, 0.2) is 0 Å². The van der Waals surface area contributed by atoms with Crippen molar-refractivity contribution in [1.82, 2.24) is 0 Å². The van der Waals surface area contributed by atoms with Crippen molar-refractivity contribution in [3.63, 3.8) is 0 Å². The second-order valence-corrected chi connectivity index (χ2v) is 6.25. The molecule has 0 aliphatic heterocycles. The number of esters is 1. The van der Waals surface area contributed by atoms with Gasteiger partial charge in [-0.25, -0.2) is 9.18 Å². The van der Waals surface area contributed by atoms with Crippen LogP contribution in [0.4, 0.5) is 10.1 Å². The third-order valence-electron chi connectivity index (χ3n) is 3.92. The summed E-state index contributed by atoms with van der Waals surface area (Å²) in [5.74, 6) is -0.630. The Morgan fingerprint density at radius 2 is 2.05 bits per heavy atom. The zero-order valence-corrected chi connectivity index (χ0v) is 12.3. The molecule has 0 amide bonds. The van der Waals surface area contributed by atoms with Gasteiger partial charge in [-0.1, -0.05) is 26.0 Å². The second-order valence-electron chi connectivity index (χ2n) is 6.25. The molecule has 3 nitrogen and oxygen atoms in total. The summed E-state index contributed by atoms with van der Waals surface area (Å²) in [6, 6.07) is 6.43. The largest absolute Gasteiger partial charge is 0.464 e. The molecule has 110 valence electrons. The molecule has 0 bridgehead atoms. The smallest absolute Gasteiger partial charge is 0.331 e. The summed E-state index contributed by atoms with van der Waals surface area (Å²) in [5.41, 5.74) is -0.412. The van der Waals surface area contributed by atoms with Gasteiger partial charge in [-0.3, -0.25) is 0 Å². The highest BCUT2D eigenvalue weighted by Gasteiger charge is 2.50. The van der Waals surface area contributed by atoms with Gasteiger partial charge < -0.3 is 10.1 Å². The first-order chi connectivity index (χ1) is 9.38. The van der Waals surface area contributed by atoms with Crippen LogP contribution in [0.15, 0.2) is 24.3 Å². The van der Waals surface area contributed by atoms with Crippen LogP contribution in [0.1, 0.15) is 40.0 Å². The minimum Gasteiger partial charge on any atom is -0.464 e. The number of para-hydroxylation sites is 1. The van der Waals surface area contributed by atoms with E-state index in [1.54, 1.807) is 25.1 Å². The van der Waals surface area contributed by atoms with E-state index in [0.717, 1.165) is 6.42 Å². The summed E-state index contributed by atoms with van der Waals surface area (Å²) in [4.78, 5) is 12.4. The Morgan fingerprint density at radius 1 is 1.35 bits per heavy atom. The monoisotopic (exact) mass is 279 g/mol. The number of nitrogens with one attached hydrogen (secondary N) is 1. The van der Waals surface area contributed by atoms with Crippen LogP contribution in [0.3, 0.4) is 0 Å². The first kappa shape index (κ1) is 14.8. The Kier molecular flexibility index (Phi) is 4.02. The average molecular weight is 279 g/mol. The van der Waals surface area contributed by atoms with Gasteiger partial charge >= 0.3 is 5.97 Å². The molecule has 1 unspecified atom stereocenters. The molecule has 1 atom stereocenters. The maximum absolute atomic E-state index is 13.8. The molecule has 1 fully saturated rings. The van der Waals surface area contributed by atoms with E-state index in [4.69, 9.17) is 4.74 Å². The Balaban J connectivity index is 2.29. The van der Waals surface area contributed by atoms with Crippen molar-refractivity contribution >= 4 is 11.7 Å². The van der Waals surface area contributed by atoms with Crippen LogP contribution in [-0.2, 0) is 9.53 Å². The van der Waals surface area contributed by atoms with Gasteiger partial charge in [-0.05, 0) is 43.7 Å². The van der Waals surface area contributed by atoms with Crippen molar-refractivity contribution in [1.29, 1.82) is 0 Å². The van der Waals surface area contributed by atoms with Crippen molar-refractivity contribution in [3.8, 4) is 0 Å². The van der Waals surface area contributed by atoms with Crippen molar-refractivity contribution in [2.45, 2.75) is 45.6 Å². The van der Waals surface area contributed by atoms with Crippen molar-refractivity contribution in [2.24, 2.45) is 5.41 Å². The van der Waals surface area contributed by atoms with E-state index in [-0.39, 0.29) is 17.2 Å². The maximum Gasteiger partial charge on any atom is 0.331 e. The fourth-order valence-electron chi connectivity index (χ4n) is 2.97. The fourth-order valence-corrected chi connectivity index (χ4v) is 2.97. The van der Waals surface area contributed by atoms with Crippen LogP contribution in [0.2, 0.25) is 0 Å². The molecule has 2 rings (SSSR count). The summed E-state index contributed by atoms with van der Waals surface area (Å²) in [7, 11) is 0. The van der Waals surface area contributed by atoms with Crippen molar-refractivity contribution in [2.75, 3.05) is 11.9 Å². The molecular formula is C16H22FNO2. The highest BCUT2D eigenvalue weighted by atomic mass is 19.1. The van der Waals surface area contributed by atoms with E-state index in [1.165, 1.54) is 6.07 Å². The van der Waals surface area contributed by atoms with Crippen LogP contribution in [0.25, 0.3) is 0 Å². The summed E-state index contributed by atoms with van der Waals surface area (Å²) in [6.45, 7) is 6.36. The van der Waals surface area contributed by atoms with Crippen molar-refractivity contribution < 1.29 is 13.9 Å². The van der Waals surface area contributed by atoms with Crippen LogP contribution in [0, 0.1) is 11.2 Å². The minimum atomic E-state index is -0.818. The SMILES string of the molecule is CCOC(=O)C1(Nc2ccccc2F)CCC(C)(C)C1. The summed E-state index contributed by atoms with van der Waals surface area (Å²) in [5, 5.41) is 3.11. The third-order valence-corrected chi connectivity index (χ3v) is 3.92. The van der Waals surface area contributed by atoms with Gasteiger partial charge in [0.05, 0.1) is 12.3 Å². The second kappa shape index (κ2) is 5.43. The molecule has 1 aliphatic carbocycles. The third kappa shape index (κ3) is 2.94. The molecule has 1 aliphatic rings. The predicted molar refractivity (Wildman–Crippen MR) is 77.0 cm³/mol. The van der Waals surface area contributed by atoms with Crippen LogP contribution >= 0.6 is 0 Å². The minimum absolute atomic E-state index is 0.0466. The molecule has 1 aromatic carbocycles. The lowest BCUT2D eigenvalue weighted by Crippen LogP contribution is -2.46. The number of hydrogen-bond acceptors (Lipinski definition) is 3. The molecule has 1 saturated carbocycles. The number of anilines is 1. The lowest BCUT2D eigenvalue weighted by atomic mass is 9.87. The van der Waals surface area contributed by atoms with Crippen LogP contribution in [-0.4, -0.2) is 18.1 Å². The highest BCUT2D eigenvalue weighted by molar-refractivity contribution is 5.85. The van der Waals surface area contributed by atoms with Gasteiger partial charge in [-0.2, -0.15) is 0 Å². The molecule has 4 heteroatoms. The molecule has 0 radical (unpaired) electrons. The van der Waals surface area contributed by atoms with E-state index >= 15 is 0 Å². The van der Waals surface area contributed by atoms with Gasteiger partial charge in [0.25, 0.3) is 0 Å². The van der Waals surface area contributed by atoms with E-state index in [1.807, 2.05) is 0 Å². The molecular weight excluding hydrogens is 257 g/mol. The number of carbonyl (C=O) groups excluding carboxylic acids is 1. The molecule has 0 saturated heterocycles. The highest BCUT2D eigenvalue weighted by Crippen LogP contribution is 2.46. The number of carbonyl (C=O) groups is 1. The summed E-state index contributed by atoms with van der Waals surface area (Å²) >= 11 is 0. The van der Waals surface area contributed by atoms with Gasteiger partial charge in [-0.15, -0.1) is 0 Å². The zero-order valence-electron chi connectivity index (χ0n) is 12.3. The Bertz CT molecular complexity index is 501.